The monoisotopic (exact) mass is 793 g/mol. The zero-order valence-electron chi connectivity index (χ0n) is 33.7. The van der Waals surface area contributed by atoms with Crippen molar-refractivity contribution in [1.82, 2.24) is 0 Å². The maximum absolute atomic E-state index is 12.6. The normalized spacial score (nSPS) is 14.5. The molecule has 0 heterocycles. The molecule has 0 fully saturated rings. The van der Waals surface area contributed by atoms with Crippen LogP contribution in [0.2, 0.25) is 0 Å². The van der Waals surface area contributed by atoms with E-state index in [9.17, 15) is 23.8 Å². The van der Waals surface area contributed by atoms with E-state index in [0.29, 0.717) is 19.3 Å². The van der Waals surface area contributed by atoms with Crippen LogP contribution < -0.4 is 5.73 Å². The predicted molar refractivity (Wildman–Crippen MR) is 221 cm³/mol. The zero-order chi connectivity index (χ0) is 40.7. The van der Waals surface area contributed by atoms with Crippen LogP contribution in [-0.4, -0.2) is 59.9 Å². The van der Waals surface area contributed by atoms with Crippen molar-refractivity contribution in [2.24, 2.45) is 5.73 Å². The number of allylic oxidation sites excluding steroid dienone is 12. The van der Waals surface area contributed by atoms with Crippen molar-refractivity contribution in [3.05, 3.63) is 72.9 Å². The lowest BCUT2D eigenvalue weighted by molar-refractivity contribution is -0.161. The second-order valence-electron chi connectivity index (χ2n) is 13.4. The molecule has 0 aliphatic heterocycles. The Bertz CT molecular complexity index is 1210. The molecule has 0 saturated heterocycles. The van der Waals surface area contributed by atoms with Crippen LogP contribution in [0.5, 0.6) is 0 Å². The minimum atomic E-state index is -4.73. The van der Waals surface area contributed by atoms with Crippen molar-refractivity contribution in [1.29, 1.82) is 0 Å². The molecule has 0 aliphatic carbocycles. The van der Waals surface area contributed by atoms with Crippen LogP contribution in [0, 0.1) is 0 Å². The molecule has 12 heteroatoms. The lowest BCUT2D eigenvalue weighted by atomic mass is 10.1. The summed E-state index contributed by atoms with van der Waals surface area (Å²) in [5.41, 5.74) is 5.32. The van der Waals surface area contributed by atoms with Crippen LogP contribution in [0.25, 0.3) is 0 Å². The summed E-state index contributed by atoms with van der Waals surface area (Å²) in [6.07, 6.45) is 44.0. The highest BCUT2D eigenvalue weighted by Crippen LogP contribution is 2.43. The Morgan fingerprint density at radius 2 is 1.00 bits per heavy atom. The summed E-state index contributed by atoms with van der Waals surface area (Å²) < 4.78 is 32.5. The molecule has 11 nitrogen and oxygen atoms in total. The summed E-state index contributed by atoms with van der Waals surface area (Å²) in [4.78, 5) is 45.8. The van der Waals surface area contributed by atoms with Crippen molar-refractivity contribution in [3.8, 4) is 0 Å². The SMILES string of the molecule is CCCC/C=C\C/C=C\CCCCCCCC(=O)OC[C@H](COP(=O)(O)OC[C@H](N)C(=O)O)OC(=O)CCC/C=C\C/C=C\C/C=C\C/C=C\CCCCC. The molecule has 0 saturated carbocycles. The number of aliphatic carboxylic acids is 1. The first-order valence-electron chi connectivity index (χ1n) is 20.5. The molecular formula is C43H72NO10P. The Morgan fingerprint density at radius 3 is 1.55 bits per heavy atom. The van der Waals surface area contributed by atoms with E-state index in [2.05, 4.69) is 79.1 Å². The van der Waals surface area contributed by atoms with Crippen LogP contribution >= 0.6 is 7.82 Å². The van der Waals surface area contributed by atoms with Crippen molar-refractivity contribution in [2.45, 2.75) is 161 Å². The number of esters is 2. The van der Waals surface area contributed by atoms with Crippen molar-refractivity contribution in [3.63, 3.8) is 0 Å². The van der Waals surface area contributed by atoms with Gasteiger partial charge in [0.1, 0.15) is 12.6 Å². The summed E-state index contributed by atoms with van der Waals surface area (Å²) in [6, 6.07) is -1.53. The van der Waals surface area contributed by atoms with E-state index < -0.39 is 51.1 Å². The fraction of sp³-hybridized carbons (Fsp3) is 0.651. The van der Waals surface area contributed by atoms with E-state index in [1.165, 1.54) is 32.1 Å². The van der Waals surface area contributed by atoms with Crippen molar-refractivity contribution >= 4 is 25.7 Å². The van der Waals surface area contributed by atoms with Gasteiger partial charge in [0.05, 0.1) is 13.2 Å². The third-order valence-corrected chi connectivity index (χ3v) is 9.13. The highest BCUT2D eigenvalue weighted by atomic mass is 31.2. The molecular weight excluding hydrogens is 721 g/mol. The van der Waals surface area contributed by atoms with Gasteiger partial charge in [-0.05, 0) is 77.0 Å². The predicted octanol–water partition coefficient (Wildman–Crippen LogP) is 10.6. The average molecular weight is 794 g/mol. The number of rotatable bonds is 37. The van der Waals surface area contributed by atoms with E-state index in [-0.39, 0.29) is 19.4 Å². The Balaban J connectivity index is 4.55. The molecule has 1 unspecified atom stereocenters. The Hall–Kier alpha value is -3.08. The number of nitrogens with two attached hydrogens (primary N) is 1. The van der Waals surface area contributed by atoms with Gasteiger partial charge in [-0.15, -0.1) is 0 Å². The average Bonchev–Trinajstić information content (AvgIpc) is 3.16. The van der Waals surface area contributed by atoms with E-state index in [0.717, 1.165) is 70.6 Å². The molecule has 0 spiro atoms. The lowest BCUT2D eigenvalue weighted by Crippen LogP contribution is -2.34. The first-order chi connectivity index (χ1) is 26.6. The molecule has 4 N–H and O–H groups in total. The number of unbranched alkanes of at least 4 members (excludes halogenated alkanes) is 11. The minimum Gasteiger partial charge on any atom is -0.480 e. The fourth-order valence-electron chi connectivity index (χ4n) is 4.90. The van der Waals surface area contributed by atoms with E-state index in [4.69, 9.17) is 24.8 Å². The zero-order valence-corrected chi connectivity index (χ0v) is 34.6. The molecule has 0 rings (SSSR count). The first-order valence-corrected chi connectivity index (χ1v) is 22.0. The number of phosphoric ester groups is 1. The lowest BCUT2D eigenvalue weighted by Gasteiger charge is -2.20. The number of carbonyl (C=O) groups is 3. The van der Waals surface area contributed by atoms with Gasteiger partial charge in [-0.3, -0.25) is 23.4 Å². The second-order valence-corrected chi connectivity index (χ2v) is 14.9. The number of carboxylic acid groups (broad SMARTS) is 1. The molecule has 0 aromatic carbocycles. The molecule has 0 aromatic rings. The topological polar surface area (TPSA) is 172 Å². The molecule has 3 atom stereocenters. The highest BCUT2D eigenvalue weighted by Gasteiger charge is 2.28. The van der Waals surface area contributed by atoms with Crippen LogP contribution in [0.3, 0.4) is 0 Å². The molecule has 0 bridgehead atoms. The Kier molecular flexibility index (Phi) is 35.7. The number of carboxylic acids is 1. The fourth-order valence-corrected chi connectivity index (χ4v) is 5.67. The van der Waals surface area contributed by atoms with Crippen LogP contribution in [0.4, 0.5) is 0 Å². The summed E-state index contributed by atoms with van der Waals surface area (Å²) in [6.45, 7) is 2.64. The van der Waals surface area contributed by atoms with Gasteiger partial charge in [0.25, 0.3) is 0 Å². The molecule has 55 heavy (non-hydrogen) atoms. The minimum absolute atomic E-state index is 0.0785. The van der Waals surface area contributed by atoms with Crippen molar-refractivity contribution in [2.75, 3.05) is 19.8 Å². The van der Waals surface area contributed by atoms with Gasteiger partial charge in [0.15, 0.2) is 6.10 Å². The quantitative estimate of drug-likeness (QED) is 0.0236. The van der Waals surface area contributed by atoms with E-state index in [1.54, 1.807) is 0 Å². The molecule has 0 aromatic heterocycles. The number of phosphoric acid groups is 1. The van der Waals surface area contributed by atoms with Gasteiger partial charge in [-0.25, -0.2) is 4.57 Å². The number of hydrogen-bond acceptors (Lipinski definition) is 9. The maximum Gasteiger partial charge on any atom is 0.472 e. The summed E-state index contributed by atoms with van der Waals surface area (Å²) >= 11 is 0. The number of ether oxygens (including phenoxy) is 2. The molecule has 0 aliphatic rings. The van der Waals surface area contributed by atoms with Gasteiger partial charge >= 0.3 is 25.7 Å². The highest BCUT2D eigenvalue weighted by molar-refractivity contribution is 7.47. The van der Waals surface area contributed by atoms with Crippen LogP contribution in [-0.2, 0) is 37.5 Å². The number of carbonyl (C=O) groups excluding carboxylic acids is 2. The van der Waals surface area contributed by atoms with Gasteiger partial charge in [0.2, 0.25) is 0 Å². The Labute approximate surface area is 331 Å². The first kappa shape index (κ1) is 51.9. The summed E-state index contributed by atoms with van der Waals surface area (Å²) in [7, 11) is -4.73. The van der Waals surface area contributed by atoms with E-state index in [1.807, 2.05) is 12.2 Å². The largest absolute Gasteiger partial charge is 0.480 e. The summed E-state index contributed by atoms with van der Waals surface area (Å²) in [5.74, 6) is -2.48. The smallest absolute Gasteiger partial charge is 0.472 e. The Morgan fingerprint density at radius 1 is 0.564 bits per heavy atom. The van der Waals surface area contributed by atoms with E-state index >= 15 is 0 Å². The second kappa shape index (κ2) is 37.8. The van der Waals surface area contributed by atoms with Crippen molar-refractivity contribution < 1.29 is 47.5 Å². The molecule has 0 amide bonds. The molecule has 314 valence electrons. The van der Waals surface area contributed by atoms with Crippen LogP contribution in [0.1, 0.15) is 149 Å². The summed E-state index contributed by atoms with van der Waals surface area (Å²) in [5, 5.41) is 8.87. The van der Waals surface area contributed by atoms with Gasteiger partial charge in [-0.1, -0.05) is 132 Å². The standard InChI is InChI=1S/C43H72NO10P/c1-3-5-7-9-11-13-15-17-19-20-21-23-25-27-29-31-33-35-42(46)54-39(37-52-55(49,50)53-38-40(44)43(47)48)36-51-41(45)34-32-30-28-26-24-22-18-16-14-12-10-8-6-4-2/h10-13,16-19,21,23,27,29,39-40H,3-9,14-15,20,22,24-26,28,30-38,44H2,1-2H3,(H,47,48)(H,49,50)/b12-10-,13-11-,18-16-,19-17-,23-21-,29-27-/t39-,40+/m1/s1. The van der Waals surface area contributed by atoms with Gasteiger partial charge in [0, 0.05) is 12.8 Å². The third kappa shape index (κ3) is 37.6. The molecule has 0 radical (unpaired) electrons. The van der Waals surface area contributed by atoms with Crippen LogP contribution in [0.15, 0.2) is 72.9 Å². The van der Waals surface area contributed by atoms with Gasteiger partial charge in [-0.2, -0.15) is 0 Å². The third-order valence-electron chi connectivity index (χ3n) is 8.18. The maximum atomic E-state index is 12.6. The van der Waals surface area contributed by atoms with Gasteiger partial charge < -0.3 is 25.2 Å². The number of hydrogen-bond donors (Lipinski definition) is 3.